The third-order valence-corrected chi connectivity index (χ3v) is 4.29. The molecule has 1 aromatic carbocycles. The van der Waals surface area contributed by atoms with Gasteiger partial charge in [-0.25, -0.2) is 0 Å². The summed E-state index contributed by atoms with van der Waals surface area (Å²) in [5.41, 5.74) is 1.41. The van der Waals surface area contributed by atoms with Crippen molar-refractivity contribution in [2.75, 3.05) is 13.1 Å². The molecule has 0 amide bonds. The van der Waals surface area contributed by atoms with Crippen LogP contribution in [0.5, 0.6) is 0 Å². The SMILES string of the molecule is C[C@@H](NC1CCN(Cc2ccccc2)CC1)c1ccco1. The topological polar surface area (TPSA) is 28.4 Å². The molecule has 0 radical (unpaired) electrons. The van der Waals surface area contributed by atoms with Gasteiger partial charge in [0.1, 0.15) is 5.76 Å². The molecule has 0 spiro atoms. The van der Waals surface area contributed by atoms with Crippen LogP contribution in [0, 0.1) is 0 Å². The summed E-state index contributed by atoms with van der Waals surface area (Å²) in [5.74, 6) is 1.03. The second-order valence-corrected chi connectivity index (χ2v) is 5.94. The van der Waals surface area contributed by atoms with Crippen LogP contribution in [0.1, 0.15) is 37.1 Å². The predicted octanol–water partition coefficient (Wildman–Crippen LogP) is 3.59. The molecule has 3 heteroatoms. The predicted molar refractivity (Wildman–Crippen MR) is 85.0 cm³/mol. The number of hydrogen-bond donors (Lipinski definition) is 1. The summed E-state index contributed by atoms with van der Waals surface area (Å²) < 4.78 is 5.46. The Morgan fingerprint density at radius 1 is 1.14 bits per heavy atom. The Balaban J connectivity index is 1.45. The third-order valence-electron chi connectivity index (χ3n) is 4.29. The molecule has 21 heavy (non-hydrogen) atoms. The minimum Gasteiger partial charge on any atom is -0.468 e. The Bertz CT molecular complexity index is 515. The van der Waals surface area contributed by atoms with Crippen LogP contribution < -0.4 is 5.32 Å². The lowest BCUT2D eigenvalue weighted by Gasteiger charge is -2.33. The summed E-state index contributed by atoms with van der Waals surface area (Å²) >= 11 is 0. The van der Waals surface area contributed by atoms with Crippen molar-refractivity contribution in [2.24, 2.45) is 0 Å². The van der Waals surface area contributed by atoms with Crippen LogP contribution >= 0.6 is 0 Å². The highest BCUT2D eigenvalue weighted by Crippen LogP contribution is 2.18. The number of hydrogen-bond acceptors (Lipinski definition) is 3. The van der Waals surface area contributed by atoms with E-state index in [0.29, 0.717) is 12.1 Å². The number of likely N-dealkylation sites (tertiary alicyclic amines) is 1. The molecule has 1 aliphatic rings. The number of piperidine rings is 1. The van der Waals surface area contributed by atoms with Crippen molar-refractivity contribution in [2.45, 2.75) is 38.4 Å². The maximum Gasteiger partial charge on any atom is 0.120 e. The van der Waals surface area contributed by atoms with Crippen LogP contribution in [0.2, 0.25) is 0 Å². The molecule has 2 aromatic rings. The first kappa shape index (κ1) is 14.4. The van der Waals surface area contributed by atoms with Gasteiger partial charge in [-0.15, -0.1) is 0 Å². The summed E-state index contributed by atoms with van der Waals surface area (Å²) in [6, 6.07) is 15.6. The standard InChI is InChI=1S/C18H24N2O/c1-15(18-8-5-13-21-18)19-17-9-11-20(12-10-17)14-16-6-3-2-4-7-16/h2-8,13,15,17,19H,9-12,14H2,1H3/t15-/m1/s1. The molecule has 1 N–H and O–H groups in total. The van der Waals surface area contributed by atoms with Crippen molar-refractivity contribution in [1.29, 1.82) is 0 Å². The zero-order chi connectivity index (χ0) is 14.5. The molecule has 1 saturated heterocycles. The molecule has 1 aromatic heterocycles. The van der Waals surface area contributed by atoms with Crippen molar-refractivity contribution in [3.8, 4) is 0 Å². The lowest BCUT2D eigenvalue weighted by molar-refractivity contribution is 0.183. The third kappa shape index (κ3) is 3.96. The van der Waals surface area contributed by atoms with Gasteiger partial charge in [-0.1, -0.05) is 30.3 Å². The fraction of sp³-hybridized carbons (Fsp3) is 0.444. The Kier molecular flexibility index (Phi) is 4.73. The van der Waals surface area contributed by atoms with Crippen LogP contribution in [0.15, 0.2) is 53.1 Å². The Labute approximate surface area is 127 Å². The van der Waals surface area contributed by atoms with E-state index in [4.69, 9.17) is 4.42 Å². The average molecular weight is 284 g/mol. The summed E-state index contributed by atoms with van der Waals surface area (Å²) in [4.78, 5) is 2.55. The first-order valence-electron chi connectivity index (χ1n) is 7.87. The van der Waals surface area contributed by atoms with E-state index < -0.39 is 0 Å². The largest absolute Gasteiger partial charge is 0.468 e. The van der Waals surface area contributed by atoms with E-state index in [1.807, 2.05) is 12.1 Å². The van der Waals surface area contributed by atoms with Crippen LogP contribution in [0.25, 0.3) is 0 Å². The number of rotatable bonds is 5. The normalized spacial score (nSPS) is 18.7. The lowest BCUT2D eigenvalue weighted by Crippen LogP contribution is -2.42. The van der Waals surface area contributed by atoms with E-state index in [-0.39, 0.29) is 0 Å². The Morgan fingerprint density at radius 3 is 2.57 bits per heavy atom. The minimum absolute atomic E-state index is 0.297. The molecular weight excluding hydrogens is 260 g/mol. The van der Waals surface area contributed by atoms with Crippen LogP contribution in [-0.4, -0.2) is 24.0 Å². The first-order chi connectivity index (χ1) is 10.3. The maximum absolute atomic E-state index is 5.46. The zero-order valence-electron chi connectivity index (χ0n) is 12.7. The molecule has 1 atom stereocenters. The van der Waals surface area contributed by atoms with Crippen molar-refractivity contribution < 1.29 is 4.42 Å². The van der Waals surface area contributed by atoms with Gasteiger partial charge in [-0.2, -0.15) is 0 Å². The molecule has 3 nitrogen and oxygen atoms in total. The molecular formula is C18H24N2O. The van der Waals surface area contributed by atoms with Gasteiger partial charge < -0.3 is 9.73 Å². The highest BCUT2D eigenvalue weighted by molar-refractivity contribution is 5.14. The van der Waals surface area contributed by atoms with Crippen molar-refractivity contribution in [3.05, 3.63) is 60.1 Å². The maximum atomic E-state index is 5.46. The van der Waals surface area contributed by atoms with Crippen molar-refractivity contribution >= 4 is 0 Å². The van der Waals surface area contributed by atoms with E-state index in [1.54, 1.807) is 6.26 Å². The number of nitrogens with one attached hydrogen (secondary N) is 1. The van der Waals surface area contributed by atoms with E-state index in [2.05, 4.69) is 47.5 Å². The van der Waals surface area contributed by atoms with Crippen LogP contribution in [0.4, 0.5) is 0 Å². The molecule has 1 aliphatic heterocycles. The number of nitrogens with zero attached hydrogens (tertiary/aromatic N) is 1. The zero-order valence-corrected chi connectivity index (χ0v) is 12.7. The monoisotopic (exact) mass is 284 g/mol. The van der Waals surface area contributed by atoms with Crippen LogP contribution in [-0.2, 0) is 6.54 Å². The van der Waals surface area contributed by atoms with Gasteiger partial charge >= 0.3 is 0 Å². The van der Waals surface area contributed by atoms with Gasteiger partial charge in [-0.05, 0) is 50.6 Å². The molecule has 112 valence electrons. The fourth-order valence-corrected chi connectivity index (χ4v) is 3.07. The Hall–Kier alpha value is -1.58. The summed E-state index contributed by atoms with van der Waals surface area (Å²) in [6.07, 6.45) is 4.16. The molecule has 3 rings (SSSR count). The van der Waals surface area contributed by atoms with Gasteiger partial charge in [-0.3, -0.25) is 4.90 Å². The second kappa shape index (κ2) is 6.92. The second-order valence-electron chi connectivity index (χ2n) is 5.94. The first-order valence-corrected chi connectivity index (χ1v) is 7.87. The number of benzene rings is 1. The lowest BCUT2D eigenvalue weighted by atomic mass is 10.0. The fourth-order valence-electron chi connectivity index (χ4n) is 3.07. The van der Waals surface area contributed by atoms with Gasteiger partial charge in [0, 0.05) is 12.6 Å². The van der Waals surface area contributed by atoms with Gasteiger partial charge in [0.15, 0.2) is 0 Å². The summed E-state index contributed by atoms with van der Waals surface area (Å²) in [5, 5.41) is 3.69. The molecule has 0 bridgehead atoms. The van der Waals surface area contributed by atoms with E-state index >= 15 is 0 Å². The minimum atomic E-state index is 0.297. The molecule has 2 heterocycles. The van der Waals surface area contributed by atoms with Crippen LogP contribution in [0.3, 0.4) is 0 Å². The van der Waals surface area contributed by atoms with Crippen molar-refractivity contribution in [1.82, 2.24) is 10.2 Å². The Morgan fingerprint density at radius 2 is 1.90 bits per heavy atom. The molecule has 1 fully saturated rings. The van der Waals surface area contributed by atoms with Crippen molar-refractivity contribution in [3.63, 3.8) is 0 Å². The quantitative estimate of drug-likeness (QED) is 0.909. The van der Waals surface area contributed by atoms with E-state index in [0.717, 1.165) is 25.4 Å². The van der Waals surface area contributed by atoms with Gasteiger partial charge in [0.25, 0.3) is 0 Å². The summed E-state index contributed by atoms with van der Waals surface area (Å²) in [6.45, 7) is 5.57. The summed E-state index contributed by atoms with van der Waals surface area (Å²) in [7, 11) is 0. The molecule has 0 aliphatic carbocycles. The van der Waals surface area contributed by atoms with Gasteiger partial charge in [0.2, 0.25) is 0 Å². The van der Waals surface area contributed by atoms with E-state index in [1.165, 1.54) is 18.4 Å². The average Bonchev–Trinajstić information content (AvgIpc) is 3.05. The van der Waals surface area contributed by atoms with Gasteiger partial charge in [0.05, 0.1) is 12.3 Å². The number of furan rings is 1. The molecule has 0 unspecified atom stereocenters. The highest BCUT2D eigenvalue weighted by Gasteiger charge is 2.21. The highest BCUT2D eigenvalue weighted by atomic mass is 16.3. The molecule has 0 saturated carbocycles. The smallest absolute Gasteiger partial charge is 0.120 e. The van der Waals surface area contributed by atoms with E-state index in [9.17, 15) is 0 Å².